The first kappa shape index (κ1) is 10.9. The highest BCUT2D eigenvalue weighted by Gasteiger charge is 2.40. The topological polar surface area (TPSA) is 32.3 Å². The van der Waals surface area contributed by atoms with Gasteiger partial charge in [-0.1, -0.05) is 12.8 Å². The van der Waals surface area contributed by atoms with Gasteiger partial charge in [0.05, 0.1) is 0 Å². The van der Waals surface area contributed by atoms with Crippen LogP contribution in [-0.2, 0) is 4.79 Å². The van der Waals surface area contributed by atoms with E-state index in [0.717, 1.165) is 6.54 Å². The van der Waals surface area contributed by atoms with Gasteiger partial charge in [0, 0.05) is 19.0 Å². The van der Waals surface area contributed by atoms with Gasteiger partial charge in [0.25, 0.3) is 0 Å². The number of hydrogen-bond acceptors (Lipinski definition) is 2. The maximum atomic E-state index is 11.0. The zero-order valence-electron chi connectivity index (χ0n) is 9.72. The number of nitrogens with one attached hydrogen (secondary N) is 1. The van der Waals surface area contributed by atoms with Gasteiger partial charge < -0.3 is 5.32 Å². The van der Waals surface area contributed by atoms with Crippen LogP contribution in [0.4, 0.5) is 0 Å². The van der Waals surface area contributed by atoms with Gasteiger partial charge in [0.15, 0.2) is 0 Å². The monoisotopic (exact) mass is 210 g/mol. The van der Waals surface area contributed by atoms with E-state index < -0.39 is 0 Å². The second-order valence-corrected chi connectivity index (χ2v) is 5.04. The summed E-state index contributed by atoms with van der Waals surface area (Å²) in [5.41, 5.74) is 0.308. The van der Waals surface area contributed by atoms with Crippen molar-refractivity contribution in [1.29, 1.82) is 0 Å². The Morgan fingerprint density at radius 3 is 2.33 bits per heavy atom. The summed E-state index contributed by atoms with van der Waals surface area (Å²) in [5, 5.41) is 3.02. The minimum Gasteiger partial charge on any atom is -0.354 e. The van der Waals surface area contributed by atoms with Gasteiger partial charge in [0.1, 0.15) is 0 Å². The van der Waals surface area contributed by atoms with Crippen LogP contribution < -0.4 is 5.32 Å². The molecule has 0 bridgehead atoms. The molecule has 15 heavy (non-hydrogen) atoms. The summed E-state index contributed by atoms with van der Waals surface area (Å²) < 4.78 is 0. The van der Waals surface area contributed by atoms with Crippen LogP contribution in [-0.4, -0.2) is 36.0 Å². The molecule has 2 aliphatic rings. The second-order valence-electron chi connectivity index (χ2n) is 5.04. The Bertz CT molecular complexity index is 228. The first-order chi connectivity index (χ1) is 7.23. The Morgan fingerprint density at radius 2 is 1.80 bits per heavy atom. The first-order valence-corrected chi connectivity index (χ1v) is 6.22. The minimum absolute atomic E-state index is 0.112. The quantitative estimate of drug-likeness (QED) is 0.749. The molecule has 2 heterocycles. The van der Waals surface area contributed by atoms with Gasteiger partial charge in [-0.2, -0.15) is 0 Å². The normalized spacial score (nSPS) is 25.7. The molecule has 1 N–H and O–H groups in total. The Hall–Kier alpha value is -0.570. The highest BCUT2D eigenvalue weighted by atomic mass is 16.1. The molecule has 0 radical (unpaired) electrons. The van der Waals surface area contributed by atoms with Crippen LogP contribution in [0.1, 0.15) is 45.4 Å². The van der Waals surface area contributed by atoms with E-state index in [-0.39, 0.29) is 5.91 Å². The van der Waals surface area contributed by atoms with Crippen LogP contribution in [0.25, 0.3) is 0 Å². The standard InChI is InChI=1S/C12H22N2O/c1-11(15)13-10-12-6-2-4-8-14(12)9-5-3-7-12/h2-10H2,1H3,(H,13,15). The van der Waals surface area contributed by atoms with E-state index in [4.69, 9.17) is 0 Å². The predicted molar refractivity (Wildman–Crippen MR) is 60.7 cm³/mol. The lowest BCUT2D eigenvalue weighted by molar-refractivity contribution is -0.120. The Morgan fingerprint density at radius 1 is 1.20 bits per heavy atom. The van der Waals surface area contributed by atoms with Crippen molar-refractivity contribution < 1.29 is 4.79 Å². The van der Waals surface area contributed by atoms with Crippen molar-refractivity contribution in [2.75, 3.05) is 19.6 Å². The van der Waals surface area contributed by atoms with Crippen molar-refractivity contribution in [1.82, 2.24) is 10.2 Å². The van der Waals surface area contributed by atoms with Crippen molar-refractivity contribution in [2.24, 2.45) is 0 Å². The summed E-state index contributed by atoms with van der Waals surface area (Å²) in [6.45, 7) is 4.95. The van der Waals surface area contributed by atoms with Crippen LogP contribution in [0.3, 0.4) is 0 Å². The molecule has 0 unspecified atom stereocenters. The maximum absolute atomic E-state index is 11.0. The first-order valence-electron chi connectivity index (χ1n) is 6.22. The number of piperidine rings is 2. The number of nitrogens with zero attached hydrogens (tertiary/aromatic N) is 1. The van der Waals surface area contributed by atoms with E-state index in [9.17, 15) is 4.79 Å². The molecule has 0 saturated carbocycles. The van der Waals surface area contributed by atoms with Gasteiger partial charge in [-0.3, -0.25) is 9.69 Å². The van der Waals surface area contributed by atoms with Crippen LogP contribution >= 0.6 is 0 Å². The Kier molecular flexibility index (Phi) is 3.29. The molecule has 2 fully saturated rings. The van der Waals surface area contributed by atoms with Crippen LogP contribution in [0.2, 0.25) is 0 Å². The van der Waals surface area contributed by atoms with Crippen molar-refractivity contribution in [3.05, 3.63) is 0 Å². The lowest BCUT2D eigenvalue weighted by Crippen LogP contribution is -2.59. The molecule has 0 aromatic carbocycles. The molecule has 0 aromatic rings. The lowest BCUT2D eigenvalue weighted by atomic mass is 9.79. The molecule has 3 nitrogen and oxygen atoms in total. The average Bonchev–Trinajstić information content (AvgIpc) is 2.26. The van der Waals surface area contributed by atoms with E-state index in [0.29, 0.717) is 5.54 Å². The third kappa shape index (κ3) is 2.33. The smallest absolute Gasteiger partial charge is 0.216 e. The van der Waals surface area contributed by atoms with Crippen molar-refractivity contribution in [2.45, 2.75) is 51.0 Å². The maximum Gasteiger partial charge on any atom is 0.216 e. The molecule has 2 rings (SSSR count). The van der Waals surface area contributed by atoms with Gasteiger partial charge in [0.2, 0.25) is 5.91 Å². The summed E-state index contributed by atoms with van der Waals surface area (Å²) >= 11 is 0. The van der Waals surface area contributed by atoms with Gasteiger partial charge in [-0.05, 0) is 38.8 Å². The Labute approximate surface area is 92.2 Å². The molecule has 0 atom stereocenters. The number of fused-ring (bicyclic) bond motifs is 1. The number of hydrogen-bond donors (Lipinski definition) is 1. The highest BCUT2D eigenvalue weighted by molar-refractivity contribution is 5.72. The summed E-state index contributed by atoms with van der Waals surface area (Å²) in [7, 11) is 0. The van der Waals surface area contributed by atoms with Crippen molar-refractivity contribution in [3.63, 3.8) is 0 Å². The second kappa shape index (κ2) is 4.52. The minimum atomic E-state index is 0.112. The molecule has 0 spiro atoms. The number of rotatable bonds is 2. The van der Waals surface area contributed by atoms with E-state index in [1.54, 1.807) is 6.92 Å². The van der Waals surface area contributed by atoms with Crippen molar-refractivity contribution >= 4 is 5.91 Å². The van der Waals surface area contributed by atoms with E-state index in [1.165, 1.54) is 51.6 Å². The molecule has 1 amide bonds. The fourth-order valence-electron chi connectivity index (χ4n) is 3.12. The molecule has 2 saturated heterocycles. The van der Waals surface area contributed by atoms with Crippen molar-refractivity contribution in [3.8, 4) is 0 Å². The largest absolute Gasteiger partial charge is 0.354 e. The summed E-state index contributed by atoms with van der Waals surface area (Å²) in [6, 6.07) is 0. The fraction of sp³-hybridized carbons (Fsp3) is 0.917. The number of carbonyl (C=O) groups excluding carboxylic acids is 1. The Balaban J connectivity index is 2.01. The van der Waals surface area contributed by atoms with E-state index in [1.807, 2.05) is 0 Å². The van der Waals surface area contributed by atoms with E-state index in [2.05, 4.69) is 10.2 Å². The zero-order valence-corrected chi connectivity index (χ0v) is 9.72. The number of carbonyl (C=O) groups is 1. The molecular formula is C12H22N2O. The molecule has 0 aliphatic carbocycles. The van der Waals surface area contributed by atoms with E-state index >= 15 is 0 Å². The van der Waals surface area contributed by atoms with Gasteiger partial charge in [-0.15, -0.1) is 0 Å². The summed E-state index contributed by atoms with van der Waals surface area (Å²) in [4.78, 5) is 13.6. The van der Waals surface area contributed by atoms with Crippen LogP contribution in [0, 0.1) is 0 Å². The van der Waals surface area contributed by atoms with Crippen LogP contribution in [0.15, 0.2) is 0 Å². The molecule has 0 aromatic heterocycles. The highest BCUT2D eigenvalue weighted by Crippen LogP contribution is 2.35. The average molecular weight is 210 g/mol. The van der Waals surface area contributed by atoms with Crippen LogP contribution in [0.5, 0.6) is 0 Å². The third-order valence-electron chi connectivity index (χ3n) is 3.98. The summed E-state index contributed by atoms with van der Waals surface area (Å²) in [5.74, 6) is 0.112. The molecule has 3 heteroatoms. The van der Waals surface area contributed by atoms with Gasteiger partial charge in [-0.25, -0.2) is 0 Å². The number of amides is 1. The molecule has 2 aliphatic heterocycles. The SMILES string of the molecule is CC(=O)NCC12CCCCN1CCCC2. The third-order valence-corrected chi connectivity index (χ3v) is 3.98. The molecule has 86 valence electrons. The molecular weight excluding hydrogens is 188 g/mol. The zero-order chi connectivity index (χ0) is 10.7. The predicted octanol–water partition coefficient (Wildman–Crippen LogP) is 1.53. The van der Waals surface area contributed by atoms with Gasteiger partial charge >= 0.3 is 0 Å². The fourth-order valence-corrected chi connectivity index (χ4v) is 3.12. The summed E-state index contributed by atoms with van der Waals surface area (Å²) in [6.07, 6.45) is 7.87. The lowest BCUT2D eigenvalue weighted by Gasteiger charge is -2.50.